The van der Waals surface area contributed by atoms with Crippen LogP contribution in [0.1, 0.15) is 71.4 Å². The summed E-state index contributed by atoms with van der Waals surface area (Å²) < 4.78 is 5.46. The zero-order chi connectivity index (χ0) is 17.3. The van der Waals surface area contributed by atoms with Crippen LogP contribution in [-0.4, -0.2) is 29.7 Å². The van der Waals surface area contributed by atoms with Crippen LogP contribution in [-0.2, 0) is 10.2 Å². The number of carbonyl (C=O) groups excluding carboxylic acids is 1. The molecule has 0 spiro atoms. The molecule has 1 fully saturated rings. The third kappa shape index (κ3) is 4.98. The molecule has 0 aromatic heterocycles. The van der Waals surface area contributed by atoms with Gasteiger partial charge < -0.3 is 9.64 Å². The van der Waals surface area contributed by atoms with Gasteiger partial charge in [0.25, 0.3) is 0 Å². The maximum Gasteiger partial charge on any atom is 0.410 e. The maximum absolute atomic E-state index is 12.1. The Hall–Kier alpha value is -1.51. The molecule has 1 amide bonds. The highest BCUT2D eigenvalue weighted by Crippen LogP contribution is 2.30. The van der Waals surface area contributed by atoms with Gasteiger partial charge in [0.05, 0.1) is 0 Å². The van der Waals surface area contributed by atoms with Crippen LogP contribution in [0.2, 0.25) is 0 Å². The molecule has 0 aliphatic carbocycles. The monoisotopic (exact) mass is 317 g/mol. The first-order valence-electron chi connectivity index (χ1n) is 8.64. The van der Waals surface area contributed by atoms with E-state index in [1.54, 1.807) is 0 Å². The van der Waals surface area contributed by atoms with E-state index in [1.165, 1.54) is 11.1 Å². The summed E-state index contributed by atoms with van der Waals surface area (Å²) in [7, 11) is 0. The Morgan fingerprint density at radius 2 is 1.52 bits per heavy atom. The fourth-order valence-electron chi connectivity index (χ4n) is 2.98. The van der Waals surface area contributed by atoms with Crippen molar-refractivity contribution in [3.63, 3.8) is 0 Å². The van der Waals surface area contributed by atoms with Gasteiger partial charge in [0.1, 0.15) is 5.60 Å². The molecule has 128 valence electrons. The molecule has 0 bridgehead atoms. The Morgan fingerprint density at radius 1 is 1.00 bits per heavy atom. The van der Waals surface area contributed by atoms with Crippen molar-refractivity contribution >= 4 is 6.09 Å². The first kappa shape index (κ1) is 17.8. The normalized spacial score (nSPS) is 17.2. The predicted molar refractivity (Wildman–Crippen MR) is 94.9 cm³/mol. The molecule has 0 unspecified atom stereocenters. The first-order valence-corrected chi connectivity index (χ1v) is 8.64. The van der Waals surface area contributed by atoms with Crippen LogP contribution in [0.4, 0.5) is 4.79 Å². The summed E-state index contributed by atoms with van der Waals surface area (Å²) in [6.45, 7) is 14.0. The minimum atomic E-state index is -0.420. The zero-order valence-electron chi connectivity index (χ0n) is 15.5. The van der Waals surface area contributed by atoms with E-state index in [2.05, 4.69) is 45.0 Å². The molecule has 0 N–H and O–H groups in total. The van der Waals surface area contributed by atoms with Crippen molar-refractivity contribution in [3.8, 4) is 0 Å². The topological polar surface area (TPSA) is 29.5 Å². The first-order chi connectivity index (χ1) is 10.6. The van der Waals surface area contributed by atoms with Crippen molar-refractivity contribution in [2.45, 2.75) is 71.3 Å². The van der Waals surface area contributed by atoms with Gasteiger partial charge >= 0.3 is 6.09 Å². The fourth-order valence-corrected chi connectivity index (χ4v) is 2.98. The summed E-state index contributed by atoms with van der Waals surface area (Å²) in [5.74, 6) is 0.544. The molecule has 1 saturated heterocycles. The molecular formula is C20H31NO2. The van der Waals surface area contributed by atoms with Crippen LogP contribution in [0.5, 0.6) is 0 Å². The quantitative estimate of drug-likeness (QED) is 0.721. The number of piperidine rings is 1. The number of rotatable bonds is 1. The second-order valence-electron chi connectivity index (χ2n) is 8.61. The summed E-state index contributed by atoms with van der Waals surface area (Å²) in [4.78, 5) is 14.0. The number of hydrogen-bond donors (Lipinski definition) is 0. The van der Waals surface area contributed by atoms with Gasteiger partial charge in [-0.05, 0) is 56.1 Å². The van der Waals surface area contributed by atoms with E-state index in [9.17, 15) is 4.79 Å². The molecule has 1 aromatic rings. The molecule has 0 saturated carbocycles. The number of amides is 1. The molecule has 1 aromatic carbocycles. The lowest BCUT2D eigenvalue weighted by Gasteiger charge is -2.33. The van der Waals surface area contributed by atoms with E-state index < -0.39 is 5.60 Å². The molecule has 0 atom stereocenters. The molecule has 1 heterocycles. The van der Waals surface area contributed by atoms with Crippen LogP contribution >= 0.6 is 0 Å². The molecule has 23 heavy (non-hydrogen) atoms. The molecule has 1 aliphatic rings. The Morgan fingerprint density at radius 3 is 1.96 bits per heavy atom. The Labute approximate surface area is 141 Å². The average molecular weight is 317 g/mol. The lowest BCUT2D eigenvalue weighted by Crippen LogP contribution is -2.41. The van der Waals surface area contributed by atoms with E-state index in [0.29, 0.717) is 5.92 Å². The van der Waals surface area contributed by atoms with Crippen LogP contribution in [0, 0.1) is 0 Å². The second-order valence-corrected chi connectivity index (χ2v) is 8.61. The number of likely N-dealkylation sites (tertiary alicyclic amines) is 1. The van der Waals surface area contributed by atoms with E-state index in [0.717, 1.165) is 25.9 Å². The van der Waals surface area contributed by atoms with E-state index in [-0.39, 0.29) is 11.5 Å². The van der Waals surface area contributed by atoms with Gasteiger partial charge in [-0.2, -0.15) is 0 Å². The van der Waals surface area contributed by atoms with Crippen molar-refractivity contribution in [2.75, 3.05) is 13.1 Å². The number of benzene rings is 1. The van der Waals surface area contributed by atoms with Crippen molar-refractivity contribution in [2.24, 2.45) is 0 Å². The smallest absolute Gasteiger partial charge is 0.410 e. The van der Waals surface area contributed by atoms with Gasteiger partial charge in [-0.25, -0.2) is 4.79 Å². The second kappa shape index (κ2) is 6.54. The third-order valence-corrected chi connectivity index (χ3v) is 4.39. The molecule has 3 heteroatoms. The maximum atomic E-state index is 12.1. The minimum absolute atomic E-state index is 0.181. The summed E-state index contributed by atoms with van der Waals surface area (Å²) >= 11 is 0. The SMILES string of the molecule is CC(C)(C)OC(=O)N1CCC(c2ccc(C(C)(C)C)cc2)CC1. The fraction of sp³-hybridized carbons (Fsp3) is 0.650. The third-order valence-electron chi connectivity index (χ3n) is 4.39. The van der Waals surface area contributed by atoms with Crippen LogP contribution in [0.3, 0.4) is 0 Å². The summed E-state index contributed by atoms with van der Waals surface area (Å²) in [6, 6.07) is 9.01. The van der Waals surface area contributed by atoms with Gasteiger partial charge in [-0.1, -0.05) is 45.0 Å². The summed E-state index contributed by atoms with van der Waals surface area (Å²) in [6.07, 6.45) is 1.83. The van der Waals surface area contributed by atoms with Gasteiger partial charge in [0.2, 0.25) is 0 Å². The van der Waals surface area contributed by atoms with Crippen molar-refractivity contribution < 1.29 is 9.53 Å². The highest BCUT2D eigenvalue weighted by molar-refractivity contribution is 5.68. The molecular weight excluding hydrogens is 286 g/mol. The van der Waals surface area contributed by atoms with E-state index >= 15 is 0 Å². The molecule has 3 nitrogen and oxygen atoms in total. The zero-order valence-corrected chi connectivity index (χ0v) is 15.5. The van der Waals surface area contributed by atoms with E-state index in [1.807, 2.05) is 25.7 Å². The lowest BCUT2D eigenvalue weighted by molar-refractivity contribution is 0.0205. The summed E-state index contributed by atoms with van der Waals surface area (Å²) in [5, 5.41) is 0. The minimum Gasteiger partial charge on any atom is -0.444 e. The highest BCUT2D eigenvalue weighted by atomic mass is 16.6. The van der Waals surface area contributed by atoms with Crippen LogP contribution in [0.25, 0.3) is 0 Å². The van der Waals surface area contributed by atoms with Gasteiger partial charge in [-0.3, -0.25) is 0 Å². The highest BCUT2D eigenvalue weighted by Gasteiger charge is 2.27. The van der Waals surface area contributed by atoms with Crippen molar-refractivity contribution in [1.29, 1.82) is 0 Å². The summed E-state index contributed by atoms with van der Waals surface area (Å²) in [5.41, 5.74) is 2.53. The number of nitrogens with zero attached hydrogens (tertiary/aromatic N) is 1. The van der Waals surface area contributed by atoms with Crippen molar-refractivity contribution in [1.82, 2.24) is 4.90 Å². The van der Waals surface area contributed by atoms with Gasteiger partial charge in [0.15, 0.2) is 0 Å². The molecule has 2 rings (SSSR count). The molecule has 1 aliphatic heterocycles. The average Bonchev–Trinajstić information content (AvgIpc) is 2.45. The number of hydrogen-bond acceptors (Lipinski definition) is 2. The van der Waals surface area contributed by atoms with Crippen LogP contribution in [0.15, 0.2) is 24.3 Å². The number of ether oxygens (including phenoxy) is 1. The Balaban J connectivity index is 1.93. The predicted octanol–water partition coefficient (Wildman–Crippen LogP) is 5.10. The van der Waals surface area contributed by atoms with Gasteiger partial charge in [-0.15, -0.1) is 0 Å². The standard InChI is InChI=1S/C20H31NO2/c1-19(2,3)17-9-7-15(8-10-17)16-11-13-21(14-12-16)18(22)23-20(4,5)6/h7-10,16H,11-14H2,1-6H3. The number of carbonyl (C=O) groups is 1. The Bertz CT molecular complexity index is 526. The van der Waals surface area contributed by atoms with E-state index in [4.69, 9.17) is 4.74 Å². The molecule has 0 radical (unpaired) electrons. The van der Waals surface area contributed by atoms with Crippen molar-refractivity contribution in [3.05, 3.63) is 35.4 Å². The lowest BCUT2D eigenvalue weighted by atomic mass is 9.84. The Kier molecular flexibility index (Phi) is 5.07. The largest absolute Gasteiger partial charge is 0.444 e. The van der Waals surface area contributed by atoms with Gasteiger partial charge in [0, 0.05) is 13.1 Å². The van der Waals surface area contributed by atoms with Crippen LogP contribution < -0.4 is 0 Å².